The van der Waals surface area contributed by atoms with E-state index in [9.17, 15) is 0 Å². The average Bonchev–Trinajstić information content (AvgIpc) is 2.53. The predicted octanol–water partition coefficient (Wildman–Crippen LogP) is 7.17. The summed E-state index contributed by atoms with van der Waals surface area (Å²) in [7, 11) is 0. The van der Waals surface area contributed by atoms with Gasteiger partial charge in [0.1, 0.15) is 0 Å². The van der Waals surface area contributed by atoms with E-state index < -0.39 is 0 Å². The molecule has 5 unspecified atom stereocenters. The van der Waals surface area contributed by atoms with Gasteiger partial charge < -0.3 is 0 Å². The van der Waals surface area contributed by atoms with E-state index in [1.807, 2.05) is 5.57 Å². The van der Waals surface area contributed by atoms with Gasteiger partial charge in [0.05, 0.1) is 0 Å². The molecule has 5 atom stereocenters. The van der Waals surface area contributed by atoms with Crippen LogP contribution >= 0.6 is 0 Å². The van der Waals surface area contributed by atoms with Crippen molar-refractivity contribution in [2.45, 2.75) is 85.5 Å². The Balaban J connectivity index is 2.11. The van der Waals surface area contributed by atoms with Crippen LogP contribution in [0.2, 0.25) is 0 Å². The molecule has 2 aliphatic carbocycles. The molecule has 1 fully saturated rings. The zero-order valence-corrected chi connectivity index (χ0v) is 15.5. The number of allylic oxidation sites excluding steroid dienone is 3. The molecule has 0 spiro atoms. The molecule has 0 aromatic heterocycles. The van der Waals surface area contributed by atoms with Crippen molar-refractivity contribution >= 4 is 0 Å². The Morgan fingerprint density at radius 2 is 2.14 bits per heavy atom. The van der Waals surface area contributed by atoms with Crippen LogP contribution in [-0.2, 0) is 0 Å². The molecular formula is C22H38. The van der Waals surface area contributed by atoms with Gasteiger partial charge in [-0.2, -0.15) is 0 Å². The molecule has 2 rings (SSSR count). The van der Waals surface area contributed by atoms with Crippen LogP contribution in [-0.4, -0.2) is 0 Å². The third-order valence-corrected chi connectivity index (χ3v) is 6.92. The number of hydrogen-bond acceptors (Lipinski definition) is 0. The SMILES string of the molecule is C=CC(C)CCC(C)C1CCC2=CCCCC2(C)C1CCC. The van der Waals surface area contributed by atoms with Crippen molar-refractivity contribution in [1.82, 2.24) is 0 Å². The average molecular weight is 303 g/mol. The van der Waals surface area contributed by atoms with Gasteiger partial charge in [-0.1, -0.05) is 51.8 Å². The van der Waals surface area contributed by atoms with Crippen molar-refractivity contribution in [2.75, 3.05) is 0 Å². The minimum atomic E-state index is 0.523. The maximum atomic E-state index is 3.95. The van der Waals surface area contributed by atoms with Crippen LogP contribution in [0.3, 0.4) is 0 Å². The summed E-state index contributed by atoms with van der Waals surface area (Å²) in [6.45, 7) is 13.8. The van der Waals surface area contributed by atoms with E-state index in [0.29, 0.717) is 11.3 Å². The zero-order valence-electron chi connectivity index (χ0n) is 15.5. The smallest absolute Gasteiger partial charge is 0.00853 e. The molecule has 2 aliphatic rings. The molecule has 22 heavy (non-hydrogen) atoms. The van der Waals surface area contributed by atoms with Crippen molar-refractivity contribution < 1.29 is 0 Å². The fraction of sp³-hybridized carbons (Fsp3) is 0.818. The summed E-state index contributed by atoms with van der Waals surface area (Å²) in [4.78, 5) is 0. The minimum absolute atomic E-state index is 0.523. The summed E-state index contributed by atoms with van der Waals surface area (Å²) in [5, 5.41) is 0. The highest BCUT2D eigenvalue weighted by Crippen LogP contribution is 2.56. The second kappa shape index (κ2) is 7.84. The monoisotopic (exact) mass is 302 g/mol. The van der Waals surface area contributed by atoms with E-state index in [1.165, 1.54) is 57.8 Å². The third kappa shape index (κ3) is 3.69. The van der Waals surface area contributed by atoms with Gasteiger partial charge in [-0.3, -0.25) is 0 Å². The standard InChI is InChI=1S/C22H38/c1-6-10-21-20(18(4)13-12-17(3)7-2)15-14-19-11-8-9-16-22(19,21)5/h7,11,17-18,20-21H,2,6,8-10,12-16H2,1,3-5H3. The fourth-order valence-electron chi connectivity index (χ4n) is 5.33. The van der Waals surface area contributed by atoms with E-state index in [1.54, 1.807) is 0 Å². The molecule has 0 N–H and O–H groups in total. The maximum Gasteiger partial charge on any atom is -0.00853 e. The van der Waals surface area contributed by atoms with Gasteiger partial charge in [-0.25, -0.2) is 0 Å². The Morgan fingerprint density at radius 3 is 2.82 bits per heavy atom. The Bertz CT molecular complexity index is 391. The Kier molecular flexibility index (Phi) is 6.36. The summed E-state index contributed by atoms with van der Waals surface area (Å²) < 4.78 is 0. The molecule has 0 heterocycles. The van der Waals surface area contributed by atoms with E-state index in [4.69, 9.17) is 0 Å². The van der Waals surface area contributed by atoms with E-state index >= 15 is 0 Å². The van der Waals surface area contributed by atoms with E-state index in [2.05, 4.69) is 46.4 Å². The second-order valence-electron chi connectivity index (χ2n) is 8.40. The molecule has 1 saturated carbocycles. The van der Waals surface area contributed by atoms with Gasteiger partial charge in [0.25, 0.3) is 0 Å². The van der Waals surface area contributed by atoms with Crippen LogP contribution in [0.4, 0.5) is 0 Å². The van der Waals surface area contributed by atoms with Gasteiger partial charge >= 0.3 is 0 Å². The minimum Gasteiger partial charge on any atom is -0.103 e. The number of fused-ring (bicyclic) bond motifs is 1. The molecule has 0 radical (unpaired) electrons. The van der Waals surface area contributed by atoms with Crippen molar-refractivity contribution in [3.63, 3.8) is 0 Å². The van der Waals surface area contributed by atoms with Crippen LogP contribution < -0.4 is 0 Å². The molecule has 0 aromatic carbocycles. The highest BCUT2D eigenvalue weighted by atomic mass is 14.5. The number of hydrogen-bond donors (Lipinski definition) is 0. The topological polar surface area (TPSA) is 0 Å². The number of rotatable bonds is 7. The first kappa shape index (κ1) is 17.8. The van der Waals surface area contributed by atoms with E-state index in [-0.39, 0.29) is 0 Å². The lowest BCUT2D eigenvalue weighted by atomic mass is 9.53. The van der Waals surface area contributed by atoms with Crippen molar-refractivity contribution in [1.29, 1.82) is 0 Å². The first-order chi connectivity index (χ1) is 10.5. The predicted molar refractivity (Wildman–Crippen MR) is 98.9 cm³/mol. The second-order valence-corrected chi connectivity index (χ2v) is 8.40. The van der Waals surface area contributed by atoms with Crippen molar-refractivity contribution in [3.8, 4) is 0 Å². The lowest BCUT2D eigenvalue weighted by Gasteiger charge is -2.52. The maximum absolute atomic E-state index is 3.95. The summed E-state index contributed by atoms with van der Waals surface area (Å²) in [5.74, 6) is 3.42. The molecule has 0 nitrogen and oxygen atoms in total. The molecule has 0 saturated heterocycles. The summed E-state index contributed by atoms with van der Waals surface area (Å²) >= 11 is 0. The van der Waals surface area contributed by atoms with Gasteiger partial charge in [-0.05, 0) is 80.5 Å². The Labute approximate surface area is 139 Å². The Hall–Kier alpha value is -0.520. The summed E-state index contributed by atoms with van der Waals surface area (Å²) in [6, 6.07) is 0. The van der Waals surface area contributed by atoms with E-state index in [0.717, 1.165) is 17.8 Å². The molecule has 0 heteroatoms. The van der Waals surface area contributed by atoms with Crippen LogP contribution in [0.5, 0.6) is 0 Å². The molecule has 0 amide bonds. The van der Waals surface area contributed by atoms with Gasteiger partial charge in [0, 0.05) is 0 Å². The van der Waals surface area contributed by atoms with Gasteiger partial charge in [-0.15, -0.1) is 6.58 Å². The normalized spacial score (nSPS) is 34.5. The first-order valence-electron chi connectivity index (χ1n) is 9.85. The van der Waals surface area contributed by atoms with Crippen LogP contribution in [0.1, 0.15) is 85.5 Å². The first-order valence-corrected chi connectivity index (χ1v) is 9.85. The summed E-state index contributed by atoms with van der Waals surface area (Å²) in [6.07, 6.45) is 17.2. The molecule has 126 valence electrons. The third-order valence-electron chi connectivity index (χ3n) is 6.92. The fourth-order valence-corrected chi connectivity index (χ4v) is 5.33. The summed E-state index contributed by atoms with van der Waals surface area (Å²) in [5.41, 5.74) is 2.34. The highest BCUT2D eigenvalue weighted by molar-refractivity contribution is 5.21. The lowest BCUT2D eigenvalue weighted by Crippen LogP contribution is -2.42. The van der Waals surface area contributed by atoms with Crippen molar-refractivity contribution in [3.05, 3.63) is 24.3 Å². The lowest BCUT2D eigenvalue weighted by molar-refractivity contribution is 0.0507. The van der Waals surface area contributed by atoms with Crippen molar-refractivity contribution in [2.24, 2.45) is 29.1 Å². The molecule has 0 aromatic rings. The highest BCUT2D eigenvalue weighted by Gasteiger charge is 2.46. The molecule has 0 aliphatic heterocycles. The largest absolute Gasteiger partial charge is 0.103 e. The van der Waals surface area contributed by atoms with Gasteiger partial charge in [0.15, 0.2) is 0 Å². The zero-order chi connectivity index (χ0) is 16.2. The Morgan fingerprint density at radius 1 is 1.36 bits per heavy atom. The quantitative estimate of drug-likeness (QED) is 0.437. The van der Waals surface area contributed by atoms with Crippen LogP contribution in [0.15, 0.2) is 24.3 Å². The molecule has 0 bridgehead atoms. The molecular weight excluding hydrogens is 264 g/mol. The van der Waals surface area contributed by atoms with Gasteiger partial charge in [0.2, 0.25) is 0 Å². The van der Waals surface area contributed by atoms with Crippen LogP contribution in [0, 0.1) is 29.1 Å². The van der Waals surface area contributed by atoms with Crippen LogP contribution in [0.25, 0.3) is 0 Å².